The highest BCUT2D eigenvalue weighted by molar-refractivity contribution is 5.85. The predicted molar refractivity (Wildman–Crippen MR) is 90.2 cm³/mol. The number of hydrogen-bond donors (Lipinski definition) is 0. The predicted octanol–water partition coefficient (Wildman–Crippen LogP) is 5.12. The Morgan fingerprint density at radius 1 is 1.05 bits per heavy atom. The number of Topliss-reactive ketones (excluding diaryl/α,β-unsaturated/α-hetero) is 1. The normalized spacial score (nSPS) is 37.2. The second-order valence-corrected chi connectivity index (χ2v) is 8.32. The molecule has 1 aromatic carbocycles. The van der Waals surface area contributed by atoms with Crippen LogP contribution in [-0.4, -0.2) is 5.78 Å². The van der Waals surface area contributed by atoms with Crippen LogP contribution in [0.1, 0.15) is 73.6 Å². The molecule has 0 bridgehead atoms. The van der Waals surface area contributed by atoms with Crippen LogP contribution in [-0.2, 0) is 11.2 Å². The largest absolute Gasteiger partial charge is 0.299 e. The van der Waals surface area contributed by atoms with Gasteiger partial charge in [-0.2, -0.15) is 0 Å². The number of benzene rings is 1. The van der Waals surface area contributed by atoms with E-state index >= 15 is 0 Å². The number of rotatable bonds is 0. The smallest absolute Gasteiger partial charge is 0.139 e. The highest BCUT2D eigenvalue weighted by Gasteiger charge is 2.52. The Bertz CT molecular complexity index is 629. The molecule has 1 aromatic rings. The molecule has 0 saturated heterocycles. The third kappa shape index (κ3) is 1.94. The van der Waals surface area contributed by atoms with E-state index in [0.29, 0.717) is 17.6 Å². The number of fused-ring (bicyclic) bond motifs is 5. The third-order valence-corrected chi connectivity index (χ3v) is 7.28. The Kier molecular flexibility index (Phi) is 3.25. The van der Waals surface area contributed by atoms with E-state index in [1.54, 1.807) is 11.1 Å². The van der Waals surface area contributed by atoms with E-state index in [9.17, 15) is 4.79 Å². The summed E-state index contributed by atoms with van der Waals surface area (Å²) in [4.78, 5) is 12.6. The van der Waals surface area contributed by atoms with Crippen LogP contribution in [0.3, 0.4) is 0 Å². The molecule has 0 amide bonds. The quantitative estimate of drug-likeness (QED) is 0.649. The fourth-order valence-electron chi connectivity index (χ4n) is 5.83. The van der Waals surface area contributed by atoms with E-state index in [2.05, 4.69) is 32.9 Å². The molecule has 1 heteroatoms. The molecule has 0 radical (unpaired) electrons. The molecule has 22 heavy (non-hydrogen) atoms. The minimum Gasteiger partial charge on any atom is -0.299 e. The van der Waals surface area contributed by atoms with Gasteiger partial charge in [0, 0.05) is 11.8 Å². The summed E-state index contributed by atoms with van der Waals surface area (Å²) in [6.07, 6.45) is 8.10. The first-order valence-electron chi connectivity index (χ1n) is 9.14. The van der Waals surface area contributed by atoms with Crippen LogP contribution in [0.15, 0.2) is 12.1 Å². The van der Waals surface area contributed by atoms with Crippen molar-refractivity contribution in [2.45, 2.75) is 71.6 Å². The third-order valence-electron chi connectivity index (χ3n) is 7.28. The maximum absolute atomic E-state index is 12.6. The molecule has 1 nitrogen and oxygen atoms in total. The van der Waals surface area contributed by atoms with Crippen molar-refractivity contribution in [3.05, 3.63) is 34.4 Å². The van der Waals surface area contributed by atoms with E-state index in [4.69, 9.17) is 0 Å². The molecule has 0 aliphatic heterocycles. The first-order chi connectivity index (χ1) is 10.5. The van der Waals surface area contributed by atoms with Crippen molar-refractivity contribution in [3.8, 4) is 0 Å². The van der Waals surface area contributed by atoms with Gasteiger partial charge in [-0.05, 0) is 92.4 Å². The van der Waals surface area contributed by atoms with E-state index in [1.807, 2.05) is 0 Å². The molecule has 0 heterocycles. The number of aryl methyl sites for hydroxylation is 3. The van der Waals surface area contributed by atoms with Gasteiger partial charge in [0.1, 0.15) is 5.78 Å². The van der Waals surface area contributed by atoms with Gasteiger partial charge in [-0.3, -0.25) is 4.79 Å². The molecule has 0 aromatic heterocycles. The van der Waals surface area contributed by atoms with Crippen LogP contribution in [0.2, 0.25) is 0 Å². The average molecular weight is 296 g/mol. The Hall–Kier alpha value is -1.11. The van der Waals surface area contributed by atoms with Crippen molar-refractivity contribution in [2.75, 3.05) is 0 Å². The minimum atomic E-state index is -0.00331. The first kappa shape index (κ1) is 14.5. The molecule has 4 atom stereocenters. The van der Waals surface area contributed by atoms with Crippen LogP contribution in [0.25, 0.3) is 0 Å². The lowest BCUT2D eigenvalue weighted by Gasteiger charge is -2.53. The number of ketones is 1. The summed E-state index contributed by atoms with van der Waals surface area (Å²) < 4.78 is 0. The van der Waals surface area contributed by atoms with Crippen LogP contribution < -0.4 is 0 Å². The molecule has 0 N–H and O–H groups in total. The van der Waals surface area contributed by atoms with Gasteiger partial charge in [0.25, 0.3) is 0 Å². The van der Waals surface area contributed by atoms with Gasteiger partial charge in [0.15, 0.2) is 0 Å². The molecule has 3 aliphatic rings. The standard InChI is InChI=1S/C21H28O/c1-13-11-15-7-8-17-16(18(15)12-14(13)2)9-10-21(3)19(17)5-4-6-20(21)22/h11-12,16-17,19H,4-10H2,1-3H3. The highest BCUT2D eigenvalue weighted by atomic mass is 16.1. The molecular formula is C21H28O. The zero-order valence-electron chi connectivity index (χ0n) is 14.2. The summed E-state index contributed by atoms with van der Waals surface area (Å²) in [5, 5.41) is 0. The van der Waals surface area contributed by atoms with Gasteiger partial charge in [0.2, 0.25) is 0 Å². The summed E-state index contributed by atoms with van der Waals surface area (Å²) in [7, 11) is 0. The summed E-state index contributed by atoms with van der Waals surface area (Å²) in [5.74, 6) is 2.67. The van der Waals surface area contributed by atoms with Crippen molar-refractivity contribution >= 4 is 5.78 Å². The zero-order chi connectivity index (χ0) is 15.5. The topological polar surface area (TPSA) is 17.1 Å². The molecule has 2 saturated carbocycles. The molecular weight excluding hydrogens is 268 g/mol. The van der Waals surface area contributed by atoms with E-state index < -0.39 is 0 Å². The van der Waals surface area contributed by atoms with Gasteiger partial charge in [-0.25, -0.2) is 0 Å². The lowest BCUT2D eigenvalue weighted by Crippen LogP contribution is -2.49. The monoisotopic (exact) mass is 296 g/mol. The van der Waals surface area contributed by atoms with Crippen LogP contribution >= 0.6 is 0 Å². The average Bonchev–Trinajstić information content (AvgIpc) is 2.49. The second kappa shape index (κ2) is 4.94. The van der Waals surface area contributed by atoms with E-state index in [1.165, 1.54) is 36.8 Å². The van der Waals surface area contributed by atoms with Gasteiger partial charge in [-0.15, -0.1) is 0 Å². The number of carbonyl (C=O) groups excluding carboxylic acids is 1. The van der Waals surface area contributed by atoms with Gasteiger partial charge in [0.05, 0.1) is 0 Å². The van der Waals surface area contributed by atoms with Gasteiger partial charge in [-0.1, -0.05) is 19.1 Å². The Morgan fingerprint density at radius 2 is 1.82 bits per heavy atom. The first-order valence-corrected chi connectivity index (χ1v) is 9.14. The highest BCUT2D eigenvalue weighted by Crippen LogP contribution is 2.58. The maximum atomic E-state index is 12.6. The molecule has 2 fully saturated rings. The summed E-state index contributed by atoms with van der Waals surface area (Å²) in [6, 6.07) is 4.90. The number of hydrogen-bond acceptors (Lipinski definition) is 1. The summed E-state index contributed by atoms with van der Waals surface area (Å²) >= 11 is 0. The fourth-order valence-corrected chi connectivity index (χ4v) is 5.83. The molecule has 118 valence electrons. The fraction of sp³-hybridized carbons (Fsp3) is 0.667. The lowest BCUT2D eigenvalue weighted by atomic mass is 9.50. The number of carbonyl (C=O) groups is 1. The van der Waals surface area contributed by atoms with Crippen molar-refractivity contribution in [1.29, 1.82) is 0 Å². The Morgan fingerprint density at radius 3 is 2.64 bits per heavy atom. The van der Waals surface area contributed by atoms with Crippen molar-refractivity contribution < 1.29 is 4.79 Å². The van der Waals surface area contributed by atoms with Crippen LogP contribution in [0.5, 0.6) is 0 Å². The van der Waals surface area contributed by atoms with Gasteiger partial charge < -0.3 is 0 Å². The Balaban J connectivity index is 1.73. The van der Waals surface area contributed by atoms with Crippen LogP contribution in [0.4, 0.5) is 0 Å². The lowest BCUT2D eigenvalue weighted by molar-refractivity contribution is -0.140. The maximum Gasteiger partial charge on any atom is 0.139 e. The van der Waals surface area contributed by atoms with Crippen molar-refractivity contribution in [1.82, 2.24) is 0 Å². The summed E-state index contributed by atoms with van der Waals surface area (Å²) in [6.45, 7) is 6.76. The minimum absolute atomic E-state index is 0.00331. The second-order valence-electron chi connectivity index (χ2n) is 8.32. The van der Waals surface area contributed by atoms with E-state index in [0.717, 1.165) is 25.2 Å². The van der Waals surface area contributed by atoms with Crippen LogP contribution in [0, 0.1) is 31.1 Å². The summed E-state index contributed by atoms with van der Waals surface area (Å²) in [5.41, 5.74) is 6.09. The van der Waals surface area contributed by atoms with Crippen molar-refractivity contribution in [3.63, 3.8) is 0 Å². The zero-order valence-corrected chi connectivity index (χ0v) is 14.2. The molecule has 4 unspecified atom stereocenters. The molecule has 0 spiro atoms. The van der Waals surface area contributed by atoms with Gasteiger partial charge >= 0.3 is 0 Å². The van der Waals surface area contributed by atoms with Crippen molar-refractivity contribution in [2.24, 2.45) is 17.3 Å². The molecule has 3 aliphatic carbocycles. The Labute approximate surface area is 134 Å². The van der Waals surface area contributed by atoms with E-state index in [-0.39, 0.29) is 5.41 Å². The molecule has 4 rings (SSSR count). The SMILES string of the molecule is Cc1cc2c(cc1C)C1CCC3(C)C(=O)CCCC3C1CC2.